The third kappa shape index (κ3) is 2.29. The lowest BCUT2D eigenvalue weighted by Gasteiger charge is -2.35. The molecule has 2 aromatic carbocycles. The zero-order chi connectivity index (χ0) is 16.9. The molecule has 2 heterocycles. The van der Waals surface area contributed by atoms with Gasteiger partial charge in [0.05, 0.1) is 5.75 Å². The van der Waals surface area contributed by atoms with Crippen molar-refractivity contribution in [2.75, 3.05) is 16.6 Å². The van der Waals surface area contributed by atoms with E-state index in [0.717, 1.165) is 10.8 Å². The van der Waals surface area contributed by atoms with Crippen molar-refractivity contribution in [3.63, 3.8) is 0 Å². The summed E-state index contributed by atoms with van der Waals surface area (Å²) >= 11 is 0. The van der Waals surface area contributed by atoms with Gasteiger partial charge in [-0.05, 0) is 23.3 Å². The molecule has 6 nitrogen and oxygen atoms in total. The minimum absolute atomic E-state index is 0.104. The highest BCUT2D eigenvalue weighted by Crippen LogP contribution is 2.57. The first-order chi connectivity index (χ1) is 11.5. The number of aromatic hydroxyl groups is 2. The minimum Gasteiger partial charge on any atom is -0.502 e. The van der Waals surface area contributed by atoms with Crippen LogP contribution in [0.15, 0.2) is 46.9 Å². The molecule has 1 saturated heterocycles. The van der Waals surface area contributed by atoms with E-state index >= 15 is 0 Å². The molecular weight excluding hydrogens is 330 g/mol. The summed E-state index contributed by atoms with van der Waals surface area (Å²) < 4.78 is 27.0. The molecule has 7 heteroatoms. The van der Waals surface area contributed by atoms with Gasteiger partial charge in [-0.25, -0.2) is 4.31 Å². The van der Waals surface area contributed by atoms with E-state index in [1.807, 2.05) is 36.4 Å². The van der Waals surface area contributed by atoms with Crippen molar-refractivity contribution < 1.29 is 23.7 Å². The highest BCUT2D eigenvalue weighted by atomic mass is 32.3. The summed E-state index contributed by atoms with van der Waals surface area (Å²) in [5, 5.41) is 22.5. The highest BCUT2D eigenvalue weighted by molar-refractivity contribution is 8.25. The maximum Gasteiger partial charge on any atom is 0.261 e. The van der Waals surface area contributed by atoms with Crippen LogP contribution >= 0.6 is 10.8 Å². The Labute approximate surface area is 140 Å². The lowest BCUT2D eigenvalue weighted by molar-refractivity contribution is 0.409. The van der Waals surface area contributed by atoms with Gasteiger partial charge in [0.15, 0.2) is 5.76 Å². The molecule has 126 valence electrons. The van der Waals surface area contributed by atoms with E-state index in [9.17, 15) is 19.3 Å². The number of hydrogen-bond donors (Lipinski definition) is 4. The standard InChI is InChI=1S/C17H17NO5S/c19-14-15(20)17(18-8-3-9-24(18,21)22)23-16(14)13-7-6-11-4-1-2-5-12(11)10-13/h1-2,4-7,10,19-22H,3,8-9H2. The Morgan fingerprint density at radius 3 is 2.42 bits per heavy atom. The molecule has 0 amide bonds. The van der Waals surface area contributed by atoms with Crippen LogP contribution in [0, 0.1) is 0 Å². The Morgan fingerprint density at radius 1 is 0.958 bits per heavy atom. The fraction of sp³-hybridized carbons (Fsp3) is 0.176. The zero-order valence-corrected chi connectivity index (χ0v) is 13.5. The van der Waals surface area contributed by atoms with E-state index in [0.29, 0.717) is 18.5 Å². The first-order valence-corrected chi connectivity index (χ1v) is 9.22. The van der Waals surface area contributed by atoms with Crippen molar-refractivity contribution in [3.05, 3.63) is 42.5 Å². The quantitative estimate of drug-likeness (QED) is 0.549. The molecule has 0 atom stereocenters. The number of anilines is 1. The van der Waals surface area contributed by atoms with Crippen molar-refractivity contribution in [1.29, 1.82) is 0 Å². The van der Waals surface area contributed by atoms with E-state index in [-0.39, 0.29) is 17.4 Å². The second-order valence-corrected chi connectivity index (χ2v) is 7.90. The molecule has 0 radical (unpaired) electrons. The van der Waals surface area contributed by atoms with Crippen LogP contribution in [0.1, 0.15) is 6.42 Å². The van der Waals surface area contributed by atoms with Gasteiger partial charge in [0.2, 0.25) is 11.5 Å². The van der Waals surface area contributed by atoms with Gasteiger partial charge in [-0.1, -0.05) is 36.4 Å². The van der Waals surface area contributed by atoms with Crippen molar-refractivity contribution in [2.24, 2.45) is 0 Å². The van der Waals surface area contributed by atoms with Crippen LogP contribution in [0.2, 0.25) is 0 Å². The van der Waals surface area contributed by atoms with E-state index in [1.165, 1.54) is 4.31 Å². The van der Waals surface area contributed by atoms with Gasteiger partial charge in [-0.2, -0.15) is 0 Å². The average Bonchev–Trinajstić information content (AvgIpc) is 3.07. The second kappa shape index (κ2) is 5.34. The van der Waals surface area contributed by atoms with E-state index in [1.54, 1.807) is 6.07 Å². The summed E-state index contributed by atoms with van der Waals surface area (Å²) in [6, 6.07) is 13.3. The van der Waals surface area contributed by atoms with Gasteiger partial charge in [0.1, 0.15) is 0 Å². The first-order valence-electron chi connectivity index (χ1n) is 7.55. The summed E-state index contributed by atoms with van der Waals surface area (Å²) in [4.78, 5) is 0. The SMILES string of the molecule is Oc1c(-c2ccc3ccccc3c2)oc(N2CCCS2(O)O)c1O. The van der Waals surface area contributed by atoms with Gasteiger partial charge in [0, 0.05) is 12.1 Å². The Kier molecular flexibility index (Phi) is 3.38. The number of furan rings is 1. The van der Waals surface area contributed by atoms with Crippen LogP contribution in [0.5, 0.6) is 11.5 Å². The number of rotatable bonds is 2. The third-order valence-electron chi connectivity index (χ3n) is 4.21. The molecule has 0 aliphatic carbocycles. The van der Waals surface area contributed by atoms with Gasteiger partial charge < -0.3 is 14.6 Å². The summed E-state index contributed by atoms with van der Waals surface area (Å²) in [6.07, 6.45) is 0.578. The van der Waals surface area contributed by atoms with Crippen LogP contribution in [-0.4, -0.2) is 31.6 Å². The minimum atomic E-state index is -3.01. The number of fused-ring (bicyclic) bond motifs is 1. The average molecular weight is 347 g/mol. The fourth-order valence-electron chi connectivity index (χ4n) is 2.99. The van der Waals surface area contributed by atoms with E-state index in [4.69, 9.17) is 4.42 Å². The lowest BCUT2D eigenvalue weighted by atomic mass is 10.1. The monoisotopic (exact) mass is 347 g/mol. The third-order valence-corrected chi connectivity index (χ3v) is 6.10. The van der Waals surface area contributed by atoms with Gasteiger partial charge in [-0.3, -0.25) is 9.11 Å². The van der Waals surface area contributed by atoms with Crippen LogP contribution < -0.4 is 4.31 Å². The molecule has 1 aliphatic rings. The maximum atomic E-state index is 10.3. The molecule has 4 N–H and O–H groups in total. The molecule has 1 fully saturated rings. The van der Waals surface area contributed by atoms with Crippen LogP contribution in [0.25, 0.3) is 22.1 Å². The Balaban J connectivity index is 1.82. The lowest BCUT2D eigenvalue weighted by Crippen LogP contribution is -2.21. The predicted octanol–water partition coefficient (Wildman–Crippen LogP) is 4.39. The van der Waals surface area contributed by atoms with Crippen molar-refractivity contribution >= 4 is 27.4 Å². The molecule has 1 aromatic heterocycles. The summed E-state index contributed by atoms with van der Waals surface area (Å²) in [5.74, 6) is -0.648. The highest BCUT2D eigenvalue weighted by Gasteiger charge is 2.36. The topological polar surface area (TPSA) is 97.3 Å². The van der Waals surface area contributed by atoms with Crippen LogP contribution in [0.4, 0.5) is 5.88 Å². The van der Waals surface area contributed by atoms with Gasteiger partial charge in [0.25, 0.3) is 5.88 Å². The number of hydrogen-bond acceptors (Lipinski definition) is 6. The second-order valence-electron chi connectivity index (χ2n) is 5.79. The normalized spacial score (nSPS) is 18.2. The number of benzene rings is 2. The zero-order valence-electron chi connectivity index (χ0n) is 12.7. The molecular formula is C17H17NO5S. The fourth-order valence-corrected chi connectivity index (χ4v) is 4.54. The molecule has 24 heavy (non-hydrogen) atoms. The molecule has 0 unspecified atom stereocenters. The van der Waals surface area contributed by atoms with Crippen molar-refractivity contribution in [1.82, 2.24) is 0 Å². The van der Waals surface area contributed by atoms with Gasteiger partial charge >= 0.3 is 0 Å². The van der Waals surface area contributed by atoms with Gasteiger partial charge in [-0.15, -0.1) is 10.8 Å². The molecule has 3 aromatic rings. The Hall–Kier alpha value is -2.35. The van der Waals surface area contributed by atoms with E-state index < -0.39 is 22.3 Å². The predicted molar refractivity (Wildman–Crippen MR) is 94.7 cm³/mol. The Morgan fingerprint density at radius 2 is 1.71 bits per heavy atom. The molecule has 4 rings (SSSR count). The van der Waals surface area contributed by atoms with E-state index in [2.05, 4.69) is 0 Å². The maximum absolute atomic E-state index is 10.3. The van der Waals surface area contributed by atoms with Crippen molar-refractivity contribution in [2.45, 2.75) is 6.42 Å². The smallest absolute Gasteiger partial charge is 0.261 e. The summed E-state index contributed by atoms with van der Waals surface area (Å²) in [6.45, 7) is 0.347. The summed E-state index contributed by atoms with van der Waals surface area (Å²) in [5.41, 5.74) is 0.600. The largest absolute Gasteiger partial charge is 0.502 e. The molecule has 0 bridgehead atoms. The molecule has 1 aliphatic heterocycles. The molecule has 0 spiro atoms. The summed E-state index contributed by atoms with van der Waals surface area (Å²) in [7, 11) is -3.01. The van der Waals surface area contributed by atoms with Crippen LogP contribution in [0.3, 0.4) is 0 Å². The number of nitrogens with zero attached hydrogens (tertiary/aromatic N) is 1. The Bertz CT molecular complexity index is 920. The van der Waals surface area contributed by atoms with Crippen LogP contribution in [-0.2, 0) is 0 Å². The molecule has 0 saturated carbocycles. The van der Waals surface area contributed by atoms with Crippen molar-refractivity contribution in [3.8, 4) is 22.8 Å². The first kappa shape index (κ1) is 15.2.